The van der Waals surface area contributed by atoms with Crippen molar-refractivity contribution >= 4 is 11.7 Å². The number of hydrogen-bond acceptors (Lipinski definition) is 4. The van der Waals surface area contributed by atoms with E-state index in [4.69, 9.17) is 10.9 Å². The Hall–Kier alpha value is -1.30. The van der Waals surface area contributed by atoms with Crippen molar-refractivity contribution < 1.29 is 10.0 Å². The maximum absolute atomic E-state index is 11.6. The van der Waals surface area contributed by atoms with Crippen LogP contribution in [-0.2, 0) is 4.79 Å². The molecule has 0 heterocycles. The lowest BCUT2D eigenvalue weighted by Gasteiger charge is -2.22. The predicted octanol–water partition coefficient (Wildman–Crippen LogP) is 1.82. The molecule has 0 saturated heterocycles. The summed E-state index contributed by atoms with van der Waals surface area (Å²) in [5.41, 5.74) is 5.19. The summed E-state index contributed by atoms with van der Waals surface area (Å²) in [6, 6.07) is 0. The summed E-state index contributed by atoms with van der Waals surface area (Å²) < 4.78 is 0. The van der Waals surface area contributed by atoms with Gasteiger partial charge < -0.3 is 21.6 Å². The van der Waals surface area contributed by atoms with E-state index >= 15 is 0 Å². The van der Waals surface area contributed by atoms with E-state index in [9.17, 15) is 4.79 Å². The minimum absolute atomic E-state index is 0.0723. The summed E-state index contributed by atoms with van der Waals surface area (Å²) in [6.45, 7) is 11.4. The molecule has 0 aromatic carbocycles. The van der Waals surface area contributed by atoms with E-state index in [-0.39, 0.29) is 22.7 Å². The molecule has 21 heavy (non-hydrogen) atoms. The fraction of sp³-hybridized carbons (Fsp3) is 0.867. The minimum atomic E-state index is -0.276. The summed E-state index contributed by atoms with van der Waals surface area (Å²) in [6.07, 6.45) is 3.36. The van der Waals surface area contributed by atoms with Crippen LogP contribution in [0.15, 0.2) is 5.16 Å². The van der Waals surface area contributed by atoms with Crippen LogP contribution in [0.2, 0.25) is 0 Å². The highest BCUT2D eigenvalue weighted by Crippen LogP contribution is 2.22. The molecule has 0 aliphatic heterocycles. The first-order valence-electron chi connectivity index (χ1n) is 7.58. The lowest BCUT2D eigenvalue weighted by Crippen LogP contribution is -2.41. The second-order valence-corrected chi connectivity index (χ2v) is 7.12. The van der Waals surface area contributed by atoms with Crippen LogP contribution in [0.4, 0.5) is 0 Å². The van der Waals surface area contributed by atoms with Gasteiger partial charge in [-0.3, -0.25) is 4.79 Å². The van der Waals surface area contributed by atoms with Gasteiger partial charge in [-0.15, -0.1) is 0 Å². The first-order valence-corrected chi connectivity index (χ1v) is 7.58. The maximum atomic E-state index is 11.6. The zero-order valence-corrected chi connectivity index (χ0v) is 14.1. The zero-order valence-electron chi connectivity index (χ0n) is 14.1. The van der Waals surface area contributed by atoms with E-state index in [1.165, 1.54) is 0 Å². The maximum Gasteiger partial charge on any atom is 0.221 e. The molecule has 0 rings (SSSR count). The van der Waals surface area contributed by atoms with Gasteiger partial charge in [0.05, 0.1) is 0 Å². The van der Waals surface area contributed by atoms with Crippen LogP contribution in [0, 0.1) is 5.41 Å². The number of carbonyl (C=O) groups excluding carboxylic acids is 1. The second-order valence-electron chi connectivity index (χ2n) is 7.12. The summed E-state index contributed by atoms with van der Waals surface area (Å²) in [5.74, 6) is 0.345. The topological polar surface area (TPSA) is 99.7 Å². The number of unbranched alkanes of at least 4 members (excludes halogenated alkanes) is 1. The normalized spacial score (nSPS) is 13.3. The van der Waals surface area contributed by atoms with Crippen LogP contribution in [0.1, 0.15) is 60.3 Å². The molecule has 0 unspecified atom stereocenters. The quantitative estimate of drug-likeness (QED) is 0.172. The van der Waals surface area contributed by atoms with Crippen LogP contribution >= 0.6 is 0 Å². The summed E-state index contributed by atoms with van der Waals surface area (Å²) in [5, 5.41) is 17.9. The van der Waals surface area contributed by atoms with Gasteiger partial charge in [0.2, 0.25) is 5.91 Å². The van der Waals surface area contributed by atoms with E-state index in [0.717, 1.165) is 25.8 Å². The van der Waals surface area contributed by atoms with Crippen LogP contribution in [0.25, 0.3) is 0 Å². The summed E-state index contributed by atoms with van der Waals surface area (Å²) >= 11 is 0. The van der Waals surface area contributed by atoms with Gasteiger partial charge in [0.1, 0.15) is 5.84 Å². The molecule has 0 aliphatic carbocycles. The lowest BCUT2D eigenvalue weighted by atomic mass is 9.86. The van der Waals surface area contributed by atoms with Crippen molar-refractivity contribution in [1.29, 1.82) is 0 Å². The number of nitrogens with one attached hydrogen (secondary N) is 2. The van der Waals surface area contributed by atoms with E-state index in [2.05, 4.69) is 15.8 Å². The molecule has 6 nitrogen and oxygen atoms in total. The molecule has 0 aliphatic rings. The SMILES string of the molecule is CC(C)(C)NC(=O)CCNCCCCC(C)(C)C(N)=NO. The van der Waals surface area contributed by atoms with Crippen molar-refractivity contribution in [2.24, 2.45) is 16.3 Å². The Morgan fingerprint density at radius 1 is 1.14 bits per heavy atom. The minimum Gasteiger partial charge on any atom is -0.409 e. The number of rotatable bonds is 9. The van der Waals surface area contributed by atoms with Crippen molar-refractivity contribution in [2.45, 2.75) is 65.8 Å². The number of nitrogens with zero attached hydrogens (tertiary/aromatic N) is 1. The first-order chi connectivity index (χ1) is 9.58. The molecule has 0 spiro atoms. The molecule has 6 heteroatoms. The average Bonchev–Trinajstić information content (AvgIpc) is 2.34. The van der Waals surface area contributed by atoms with Gasteiger partial charge in [-0.2, -0.15) is 0 Å². The predicted molar refractivity (Wildman–Crippen MR) is 86.4 cm³/mol. The Balaban J connectivity index is 3.64. The third-order valence-corrected chi connectivity index (χ3v) is 3.25. The van der Waals surface area contributed by atoms with Crippen LogP contribution in [-0.4, -0.2) is 35.6 Å². The molecule has 5 N–H and O–H groups in total. The highest BCUT2D eigenvalue weighted by Gasteiger charge is 2.22. The Bertz CT molecular complexity index is 346. The zero-order chi connectivity index (χ0) is 16.5. The molecular formula is C15H32N4O2. The largest absolute Gasteiger partial charge is 0.409 e. The third-order valence-electron chi connectivity index (χ3n) is 3.25. The number of nitrogens with two attached hydrogens (primary N) is 1. The molecule has 0 aromatic heterocycles. The molecule has 0 atom stereocenters. The number of oxime groups is 1. The van der Waals surface area contributed by atoms with Gasteiger partial charge in [-0.05, 0) is 40.2 Å². The molecule has 124 valence electrons. The first kappa shape index (κ1) is 19.7. The number of amidine groups is 1. The smallest absolute Gasteiger partial charge is 0.221 e. The summed E-state index contributed by atoms with van der Waals surface area (Å²) in [7, 11) is 0. The van der Waals surface area contributed by atoms with Gasteiger partial charge in [0.15, 0.2) is 0 Å². The van der Waals surface area contributed by atoms with Gasteiger partial charge in [0, 0.05) is 23.9 Å². The number of hydrogen-bond donors (Lipinski definition) is 4. The third kappa shape index (κ3) is 10.1. The number of carbonyl (C=O) groups is 1. The Morgan fingerprint density at radius 2 is 1.76 bits per heavy atom. The molecule has 0 bridgehead atoms. The van der Waals surface area contributed by atoms with Crippen LogP contribution in [0.5, 0.6) is 0 Å². The Kier molecular flexibility index (Phi) is 8.32. The fourth-order valence-electron chi connectivity index (χ4n) is 1.89. The van der Waals surface area contributed by atoms with Gasteiger partial charge in [-0.25, -0.2) is 0 Å². The molecule has 0 fully saturated rings. The van der Waals surface area contributed by atoms with Crippen molar-refractivity contribution in [3.8, 4) is 0 Å². The van der Waals surface area contributed by atoms with Crippen LogP contribution < -0.4 is 16.4 Å². The van der Waals surface area contributed by atoms with E-state index < -0.39 is 0 Å². The standard InChI is InChI=1S/C15H32N4O2/c1-14(2,3)18-12(20)8-11-17-10-7-6-9-15(4,5)13(16)19-21/h17,21H,6-11H2,1-5H3,(H2,16,19)(H,18,20). The highest BCUT2D eigenvalue weighted by molar-refractivity contribution is 5.85. The molecular weight excluding hydrogens is 268 g/mol. The van der Waals surface area contributed by atoms with Crippen LogP contribution in [0.3, 0.4) is 0 Å². The van der Waals surface area contributed by atoms with Gasteiger partial charge >= 0.3 is 0 Å². The van der Waals surface area contributed by atoms with Crippen molar-refractivity contribution in [3.05, 3.63) is 0 Å². The van der Waals surface area contributed by atoms with Gasteiger partial charge in [-0.1, -0.05) is 25.4 Å². The summed E-state index contributed by atoms with van der Waals surface area (Å²) in [4.78, 5) is 11.6. The van der Waals surface area contributed by atoms with Crippen molar-refractivity contribution in [3.63, 3.8) is 0 Å². The highest BCUT2D eigenvalue weighted by atomic mass is 16.4. The van der Waals surface area contributed by atoms with E-state index in [1.807, 2.05) is 34.6 Å². The average molecular weight is 300 g/mol. The van der Waals surface area contributed by atoms with Crippen molar-refractivity contribution in [1.82, 2.24) is 10.6 Å². The van der Waals surface area contributed by atoms with E-state index in [0.29, 0.717) is 13.0 Å². The fourth-order valence-corrected chi connectivity index (χ4v) is 1.89. The van der Waals surface area contributed by atoms with E-state index in [1.54, 1.807) is 0 Å². The molecule has 1 amide bonds. The van der Waals surface area contributed by atoms with Gasteiger partial charge in [0.25, 0.3) is 0 Å². The second kappa shape index (κ2) is 8.87. The molecule has 0 saturated carbocycles. The molecule has 0 radical (unpaired) electrons. The lowest BCUT2D eigenvalue weighted by molar-refractivity contribution is -0.122. The molecule has 0 aromatic rings. The number of amides is 1. The Labute approximate surface area is 128 Å². The van der Waals surface area contributed by atoms with Crippen molar-refractivity contribution in [2.75, 3.05) is 13.1 Å². The monoisotopic (exact) mass is 300 g/mol. The Morgan fingerprint density at radius 3 is 2.29 bits per heavy atom.